The van der Waals surface area contributed by atoms with Crippen LogP contribution in [-0.2, 0) is 0 Å². The lowest BCUT2D eigenvalue weighted by atomic mass is 10.4. The first kappa shape index (κ1) is 9.71. The molecule has 1 nitrogen and oxygen atoms in total. The molecule has 0 saturated carbocycles. The van der Waals surface area contributed by atoms with Gasteiger partial charge in [-0.1, -0.05) is 0 Å². The Morgan fingerprint density at radius 2 is 2.27 bits per heavy atom. The van der Waals surface area contributed by atoms with Crippen molar-refractivity contribution < 1.29 is 4.79 Å². The second kappa shape index (κ2) is 4.03. The highest BCUT2D eigenvalue weighted by molar-refractivity contribution is 9.11. The third-order valence-electron chi connectivity index (χ3n) is 1.03. The van der Waals surface area contributed by atoms with Gasteiger partial charge in [-0.2, -0.15) is 0 Å². The number of Topliss-reactive ketones (excluding diaryl/α,β-unsaturated/α-hetero) is 1. The van der Waals surface area contributed by atoms with E-state index in [2.05, 4.69) is 31.9 Å². The Morgan fingerprint density at radius 1 is 1.64 bits per heavy atom. The maximum atomic E-state index is 11.1. The lowest BCUT2D eigenvalue weighted by molar-refractivity contribution is 0.102. The van der Waals surface area contributed by atoms with Crippen LogP contribution in [0, 0.1) is 0 Å². The maximum absolute atomic E-state index is 11.1. The zero-order valence-electron chi connectivity index (χ0n) is 5.23. The summed E-state index contributed by atoms with van der Waals surface area (Å²) >= 11 is 13.3. The van der Waals surface area contributed by atoms with Gasteiger partial charge in [0.15, 0.2) is 5.78 Å². The summed E-state index contributed by atoms with van der Waals surface area (Å²) in [5.41, 5.74) is 0. The molecule has 0 aliphatic rings. The molecule has 0 radical (unpaired) electrons. The fraction of sp³-hybridized carbons (Fsp3) is 0.167. The van der Waals surface area contributed by atoms with Crippen LogP contribution in [0.1, 0.15) is 9.67 Å². The lowest BCUT2D eigenvalue weighted by Crippen LogP contribution is -1.96. The lowest BCUT2D eigenvalue weighted by Gasteiger charge is -1.89. The van der Waals surface area contributed by atoms with Crippen molar-refractivity contribution in [2.24, 2.45) is 0 Å². The average molecular weight is 318 g/mol. The molecule has 60 valence electrons. The summed E-state index contributed by atoms with van der Waals surface area (Å²) in [6.45, 7) is 0. The zero-order chi connectivity index (χ0) is 8.43. The number of thiophene rings is 1. The largest absolute Gasteiger partial charge is 0.292 e. The Bertz CT molecular complexity index is 284. The first-order chi connectivity index (χ1) is 5.15. The van der Waals surface area contributed by atoms with Gasteiger partial charge in [-0.3, -0.25) is 4.79 Å². The minimum Gasteiger partial charge on any atom is -0.292 e. The molecule has 0 saturated heterocycles. The van der Waals surface area contributed by atoms with E-state index in [1.807, 2.05) is 6.07 Å². The first-order valence-electron chi connectivity index (χ1n) is 2.69. The van der Waals surface area contributed by atoms with Gasteiger partial charge in [-0.05, 0) is 37.9 Å². The summed E-state index contributed by atoms with van der Waals surface area (Å²) in [5.74, 6) is -0.0137. The van der Waals surface area contributed by atoms with Crippen LogP contribution in [0.2, 0.25) is 0 Å². The van der Waals surface area contributed by atoms with Crippen molar-refractivity contribution in [3.63, 3.8) is 0 Å². The Balaban J connectivity index is 3.03. The quantitative estimate of drug-likeness (QED) is 0.600. The topological polar surface area (TPSA) is 17.1 Å². The maximum Gasteiger partial charge on any atom is 0.188 e. The third kappa shape index (κ3) is 2.28. The van der Waals surface area contributed by atoms with Gasteiger partial charge in [-0.15, -0.1) is 22.9 Å². The van der Waals surface area contributed by atoms with Gasteiger partial charge >= 0.3 is 0 Å². The van der Waals surface area contributed by atoms with E-state index in [4.69, 9.17) is 11.6 Å². The molecular weight excluding hydrogens is 315 g/mol. The predicted molar refractivity (Wildman–Crippen MR) is 54.8 cm³/mol. The molecule has 0 fully saturated rings. The van der Waals surface area contributed by atoms with Crippen LogP contribution in [-0.4, -0.2) is 11.7 Å². The fourth-order valence-electron chi connectivity index (χ4n) is 0.592. The monoisotopic (exact) mass is 316 g/mol. The molecule has 0 amide bonds. The van der Waals surface area contributed by atoms with Crippen molar-refractivity contribution in [1.29, 1.82) is 0 Å². The fourth-order valence-corrected chi connectivity index (χ4v) is 3.38. The number of carbonyl (C=O) groups is 1. The van der Waals surface area contributed by atoms with Crippen LogP contribution in [0.15, 0.2) is 14.3 Å². The van der Waals surface area contributed by atoms with Crippen LogP contribution in [0.3, 0.4) is 0 Å². The van der Waals surface area contributed by atoms with Gasteiger partial charge < -0.3 is 0 Å². The molecule has 0 bridgehead atoms. The minimum atomic E-state index is -0.0470. The van der Waals surface area contributed by atoms with Crippen molar-refractivity contribution >= 4 is 60.6 Å². The van der Waals surface area contributed by atoms with E-state index in [-0.39, 0.29) is 11.7 Å². The van der Waals surface area contributed by atoms with Gasteiger partial charge in [-0.25, -0.2) is 0 Å². The highest BCUT2D eigenvalue weighted by Gasteiger charge is 2.11. The van der Waals surface area contributed by atoms with Crippen LogP contribution in [0.25, 0.3) is 0 Å². The molecule has 1 heterocycles. The van der Waals surface area contributed by atoms with E-state index in [1.54, 1.807) is 0 Å². The third-order valence-corrected chi connectivity index (χ3v) is 3.84. The smallest absolute Gasteiger partial charge is 0.188 e. The number of ketones is 1. The molecule has 5 heteroatoms. The van der Waals surface area contributed by atoms with Crippen molar-refractivity contribution in [1.82, 2.24) is 0 Å². The van der Waals surface area contributed by atoms with Gasteiger partial charge in [0.2, 0.25) is 0 Å². The van der Waals surface area contributed by atoms with E-state index in [0.29, 0.717) is 4.88 Å². The molecule has 0 spiro atoms. The SMILES string of the molecule is O=C(CCl)c1sc(Br)cc1Br. The van der Waals surface area contributed by atoms with Gasteiger partial charge in [0, 0.05) is 4.47 Å². The Kier molecular flexibility index (Phi) is 3.55. The highest BCUT2D eigenvalue weighted by atomic mass is 79.9. The number of carbonyl (C=O) groups excluding carboxylic acids is 1. The molecule has 0 N–H and O–H groups in total. The molecule has 0 aliphatic carbocycles. The average Bonchev–Trinajstić information content (AvgIpc) is 2.28. The van der Waals surface area contributed by atoms with E-state index in [0.717, 1.165) is 8.26 Å². The molecule has 1 aromatic rings. The zero-order valence-corrected chi connectivity index (χ0v) is 9.98. The first-order valence-corrected chi connectivity index (χ1v) is 5.63. The second-order valence-corrected chi connectivity index (χ2v) is 5.34. The van der Waals surface area contributed by atoms with Crippen LogP contribution >= 0.6 is 54.8 Å². The van der Waals surface area contributed by atoms with E-state index < -0.39 is 0 Å². The molecule has 1 aromatic heterocycles. The molecule has 0 aliphatic heterocycles. The van der Waals surface area contributed by atoms with Gasteiger partial charge in [0.05, 0.1) is 14.5 Å². The van der Waals surface area contributed by atoms with Crippen molar-refractivity contribution in [3.05, 3.63) is 19.2 Å². The molecular formula is C6H3Br2ClOS. The molecule has 0 atom stereocenters. The van der Waals surface area contributed by atoms with E-state index in [1.165, 1.54) is 11.3 Å². The van der Waals surface area contributed by atoms with E-state index >= 15 is 0 Å². The number of alkyl halides is 1. The second-order valence-electron chi connectivity index (χ2n) is 1.78. The Morgan fingerprint density at radius 3 is 2.64 bits per heavy atom. The molecule has 1 rings (SSSR count). The van der Waals surface area contributed by atoms with Crippen LogP contribution < -0.4 is 0 Å². The highest BCUT2D eigenvalue weighted by Crippen LogP contribution is 2.31. The Labute approximate surface area is 90.0 Å². The summed E-state index contributed by atoms with van der Waals surface area (Å²) in [7, 11) is 0. The van der Waals surface area contributed by atoms with Crippen LogP contribution in [0.4, 0.5) is 0 Å². The number of rotatable bonds is 2. The normalized spacial score (nSPS) is 10.1. The summed E-state index contributed by atoms with van der Waals surface area (Å²) in [5, 5.41) is 0. The minimum absolute atomic E-state index is 0.0333. The van der Waals surface area contributed by atoms with Gasteiger partial charge in [0.1, 0.15) is 0 Å². The van der Waals surface area contributed by atoms with Crippen molar-refractivity contribution in [3.8, 4) is 0 Å². The van der Waals surface area contributed by atoms with Gasteiger partial charge in [0.25, 0.3) is 0 Å². The number of hydrogen-bond donors (Lipinski definition) is 0. The number of halogens is 3. The summed E-state index contributed by atoms with van der Waals surface area (Å²) in [4.78, 5) is 11.7. The molecule has 0 unspecified atom stereocenters. The van der Waals surface area contributed by atoms with Crippen molar-refractivity contribution in [2.75, 3.05) is 5.88 Å². The van der Waals surface area contributed by atoms with Crippen LogP contribution in [0.5, 0.6) is 0 Å². The summed E-state index contributed by atoms with van der Waals surface area (Å²) in [6.07, 6.45) is 0. The standard InChI is InChI=1S/C6H3Br2ClOS/c7-3-1-5(8)11-6(3)4(10)2-9/h1H,2H2. The summed E-state index contributed by atoms with van der Waals surface area (Å²) in [6, 6.07) is 1.84. The molecule has 11 heavy (non-hydrogen) atoms. The number of hydrogen-bond acceptors (Lipinski definition) is 2. The molecule has 0 aromatic carbocycles. The van der Waals surface area contributed by atoms with Crippen molar-refractivity contribution in [2.45, 2.75) is 0 Å². The van der Waals surface area contributed by atoms with E-state index in [9.17, 15) is 4.79 Å². The Hall–Kier alpha value is 0.620. The summed E-state index contributed by atoms with van der Waals surface area (Å²) < 4.78 is 1.73. The predicted octanol–water partition coefficient (Wildman–Crippen LogP) is 3.69.